The van der Waals surface area contributed by atoms with Crippen LogP contribution in [0.1, 0.15) is 10.6 Å². The van der Waals surface area contributed by atoms with E-state index < -0.39 is 0 Å². The molecule has 3 aromatic rings. The third-order valence-corrected chi connectivity index (χ3v) is 3.89. The molecule has 1 aromatic carbocycles. The van der Waals surface area contributed by atoms with Crippen LogP contribution in [0.2, 0.25) is 0 Å². The number of benzene rings is 1. The highest BCUT2D eigenvalue weighted by Gasteiger charge is 2.07. The number of nitrogens with one attached hydrogen (secondary N) is 1. The minimum absolute atomic E-state index is 0.376. The second-order valence-corrected chi connectivity index (χ2v) is 5.63. The molecule has 0 atom stereocenters. The number of pyridine rings is 1. The summed E-state index contributed by atoms with van der Waals surface area (Å²) in [7, 11) is 0. The number of rotatable bonds is 4. The van der Waals surface area contributed by atoms with Crippen molar-refractivity contribution in [3.63, 3.8) is 0 Å². The average Bonchev–Trinajstić information content (AvgIpc) is 2.97. The summed E-state index contributed by atoms with van der Waals surface area (Å²) in [4.78, 5) is 9.17. The Morgan fingerprint density at radius 3 is 2.95 bits per heavy atom. The number of nitrogens with zero attached hydrogens (tertiary/aromatic N) is 2. The van der Waals surface area contributed by atoms with Gasteiger partial charge < -0.3 is 11.1 Å². The fourth-order valence-corrected chi connectivity index (χ4v) is 2.70. The van der Waals surface area contributed by atoms with Gasteiger partial charge in [0.05, 0.1) is 12.1 Å². The summed E-state index contributed by atoms with van der Waals surface area (Å²) >= 11 is 6.73. The van der Waals surface area contributed by atoms with E-state index in [0.29, 0.717) is 11.5 Å². The third-order valence-electron chi connectivity index (χ3n) is 2.89. The van der Waals surface area contributed by atoms with E-state index in [9.17, 15) is 0 Å². The van der Waals surface area contributed by atoms with Crippen LogP contribution in [0.4, 0.5) is 5.82 Å². The van der Waals surface area contributed by atoms with Crippen LogP contribution < -0.4 is 11.1 Å². The molecule has 0 aliphatic heterocycles. The van der Waals surface area contributed by atoms with Gasteiger partial charge in [0.2, 0.25) is 0 Å². The monoisotopic (exact) mass is 300 g/mol. The van der Waals surface area contributed by atoms with Crippen LogP contribution in [0, 0.1) is 0 Å². The largest absolute Gasteiger partial charge is 0.389 e. The van der Waals surface area contributed by atoms with Gasteiger partial charge in [-0.1, -0.05) is 30.4 Å². The van der Waals surface area contributed by atoms with Gasteiger partial charge in [-0.05, 0) is 12.1 Å². The van der Waals surface area contributed by atoms with Crippen molar-refractivity contribution in [3.05, 3.63) is 52.5 Å². The van der Waals surface area contributed by atoms with Crippen molar-refractivity contribution in [1.29, 1.82) is 0 Å². The number of thiocarbonyl (C=S) groups is 1. The molecule has 0 aliphatic rings. The molecule has 0 spiro atoms. The first-order valence-corrected chi connectivity index (χ1v) is 7.34. The second kappa shape index (κ2) is 5.52. The number of hydrogen-bond donors (Lipinski definition) is 2. The fraction of sp³-hybridized carbons (Fsp3) is 0.0714. The van der Waals surface area contributed by atoms with Crippen LogP contribution >= 0.6 is 23.6 Å². The van der Waals surface area contributed by atoms with E-state index in [1.165, 1.54) is 0 Å². The summed E-state index contributed by atoms with van der Waals surface area (Å²) in [5, 5.41) is 7.19. The van der Waals surface area contributed by atoms with E-state index in [2.05, 4.69) is 15.3 Å². The summed E-state index contributed by atoms with van der Waals surface area (Å²) in [5.41, 5.74) is 7.52. The lowest BCUT2D eigenvalue weighted by Crippen LogP contribution is -2.11. The molecule has 0 radical (unpaired) electrons. The lowest BCUT2D eigenvalue weighted by atomic mass is 10.1. The Labute approximate surface area is 125 Å². The summed E-state index contributed by atoms with van der Waals surface area (Å²) < 4.78 is 0. The Hall–Kier alpha value is -2.05. The quantitative estimate of drug-likeness (QED) is 0.725. The molecule has 0 aliphatic carbocycles. The van der Waals surface area contributed by atoms with Crippen LogP contribution in [0.25, 0.3) is 10.9 Å². The molecule has 2 aromatic heterocycles. The fourth-order valence-electron chi connectivity index (χ4n) is 1.98. The van der Waals surface area contributed by atoms with Gasteiger partial charge in [0, 0.05) is 22.5 Å². The maximum Gasteiger partial charge on any atom is 0.127 e. The van der Waals surface area contributed by atoms with Crippen molar-refractivity contribution >= 4 is 45.3 Å². The number of anilines is 1. The number of para-hydroxylation sites is 1. The van der Waals surface area contributed by atoms with Crippen molar-refractivity contribution < 1.29 is 0 Å². The molecule has 20 heavy (non-hydrogen) atoms. The zero-order chi connectivity index (χ0) is 13.9. The predicted molar refractivity (Wildman–Crippen MR) is 87.1 cm³/mol. The first-order chi connectivity index (χ1) is 9.74. The zero-order valence-corrected chi connectivity index (χ0v) is 12.2. The maximum atomic E-state index is 5.81. The van der Waals surface area contributed by atoms with Gasteiger partial charge in [0.1, 0.15) is 15.8 Å². The zero-order valence-electron chi connectivity index (χ0n) is 10.5. The van der Waals surface area contributed by atoms with E-state index in [1.54, 1.807) is 17.5 Å². The normalized spacial score (nSPS) is 10.6. The number of hydrogen-bond acceptors (Lipinski definition) is 5. The van der Waals surface area contributed by atoms with E-state index in [4.69, 9.17) is 18.0 Å². The van der Waals surface area contributed by atoms with E-state index in [0.717, 1.165) is 27.3 Å². The van der Waals surface area contributed by atoms with Gasteiger partial charge in [-0.25, -0.2) is 9.97 Å². The van der Waals surface area contributed by atoms with Crippen LogP contribution in [0.3, 0.4) is 0 Å². The Morgan fingerprint density at radius 2 is 2.20 bits per heavy atom. The minimum atomic E-state index is 0.376. The smallest absolute Gasteiger partial charge is 0.127 e. The molecular formula is C14H12N4S2. The number of aromatic nitrogens is 2. The Morgan fingerprint density at radius 1 is 1.35 bits per heavy atom. The predicted octanol–water partition coefficient (Wildman–Crippen LogP) is 2.94. The minimum Gasteiger partial charge on any atom is -0.389 e. The third kappa shape index (κ3) is 2.61. The average molecular weight is 300 g/mol. The molecule has 0 amide bonds. The van der Waals surface area contributed by atoms with Crippen molar-refractivity contribution in [2.75, 3.05) is 5.32 Å². The highest BCUT2D eigenvalue weighted by molar-refractivity contribution is 7.80. The van der Waals surface area contributed by atoms with Crippen LogP contribution in [0.15, 0.2) is 41.9 Å². The van der Waals surface area contributed by atoms with Gasteiger partial charge in [0.25, 0.3) is 0 Å². The van der Waals surface area contributed by atoms with E-state index in [-0.39, 0.29) is 0 Å². The summed E-state index contributed by atoms with van der Waals surface area (Å²) in [5.74, 6) is 0.752. The topological polar surface area (TPSA) is 63.8 Å². The van der Waals surface area contributed by atoms with Crippen molar-refractivity contribution in [2.45, 2.75) is 6.54 Å². The molecule has 100 valence electrons. The lowest BCUT2D eigenvalue weighted by Gasteiger charge is -2.09. The van der Waals surface area contributed by atoms with Crippen molar-refractivity contribution in [1.82, 2.24) is 9.97 Å². The molecule has 3 N–H and O–H groups in total. The maximum absolute atomic E-state index is 5.81. The molecule has 0 bridgehead atoms. The first-order valence-electron chi connectivity index (χ1n) is 6.06. The van der Waals surface area contributed by atoms with E-state index in [1.807, 2.05) is 35.7 Å². The molecule has 6 heteroatoms. The number of nitrogens with two attached hydrogens (primary N) is 1. The molecule has 3 rings (SSSR count). The first kappa shape index (κ1) is 13.0. The Kier molecular flexibility index (Phi) is 3.58. The van der Waals surface area contributed by atoms with Gasteiger partial charge >= 0.3 is 0 Å². The molecule has 0 unspecified atom stereocenters. The Balaban J connectivity index is 1.97. The van der Waals surface area contributed by atoms with Crippen molar-refractivity contribution in [3.8, 4) is 0 Å². The standard InChI is InChI=1S/C14H12N4S2/c15-14(19)10-7-12(17-8-13-16-5-6-20-13)18-11-4-2-1-3-9(10)11/h1-7H,8H2,(H2,15,19)(H,17,18). The molecule has 0 saturated heterocycles. The number of fused-ring (bicyclic) bond motifs is 1. The summed E-state index contributed by atoms with van der Waals surface area (Å²) in [6.07, 6.45) is 1.79. The highest BCUT2D eigenvalue weighted by Crippen LogP contribution is 2.21. The van der Waals surface area contributed by atoms with Crippen LogP contribution in [-0.2, 0) is 6.54 Å². The van der Waals surface area contributed by atoms with Gasteiger partial charge in [-0.15, -0.1) is 11.3 Å². The highest BCUT2D eigenvalue weighted by atomic mass is 32.1. The number of thiazole rings is 1. The molecule has 2 heterocycles. The van der Waals surface area contributed by atoms with Crippen LogP contribution in [-0.4, -0.2) is 15.0 Å². The van der Waals surface area contributed by atoms with Crippen LogP contribution in [0.5, 0.6) is 0 Å². The molecule has 0 fully saturated rings. The molecule has 0 saturated carbocycles. The summed E-state index contributed by atoms with van der Waals surface area (Å²) in [6, 6.07) is 9.71. The Bertz CT molecular complexity index is 753. The van der Waals surface area contributed by atoms with E-state index >= 15 is 0 Å². The molecular weight excluding hydrogens is 288 g/mol. The molecule has 4 nitrogen and oxygen atoms in total. The summed E-state index contributed by atoms with van der Waals surface area (Å²) in [6.45, 7) is 0.639. The van der Waals surface area contributed by atoms with Crippen molar-refractivity contribution in [2.24, 2.45) is 5.73 Å². The van der Waals surface area contributed by atoms with Gasteiger partial charge in [-0.3, -0.25) is 0 Å². The second-order valence-electron chi connectivity index (χ2n) is 4.22. The SMILES string of the molecule is NC(=S)c1cc(NCc2nccs2)nc2ccccc12. The van der Waals surface area contributed by atoms with Gasteiger partial charge in [-0.2, -0.15) is 0 Å². The lowest BCUT2D eigenvalue weighted by molar-refractivity contribution is 1.08. The van der Waals surface area contributed by atoms with Gasteiger partial charge in [0.15, 0.2) is 0 Å².